The van der Waals surface area contributed by atoms with Gasteiger partial charge in [-0.25, -0.2) is 0 Å². The van der Waals surface area contributed by atoms with E-state index in [1.165, 1.54) is 0 Å². The van der Waals surface area contributed by atoms with E-state index in [1.54, 1.807) is 0 Å². The normalized spacial score (nSPS) is 22.4. The first-order valence-electron chi connectivity index (χ1n) is 13.6. The predicted molar refractivity (Wildman–Crippen MR) is 147 cm³/mol. The van der Waals surface area contributed by atoms with Gasteiger partial charge in [0.05, 0.1) is 18.2 Å². The minimum absolute atomic E-state index is 0.0115. The van der Waals surface area contributed by atoms with E-state index in [-0.39, 0.29) is 48.7 Å². The lowest BCUT2D eigenvalue weighted by molar-refractivity contribution is -0.145. The second-order valence-electron chi connectivity index (χ2n) is 10.8. The summed E-state index contributed by atoms with van der Waals surface area (Å²) >= 11 is 6.51. The largest absolute Gasteiger partial charge is 0.481 e. The lowest BCUT2D eigenvalue weighted by Gasteiger charge is -2.51. The fourth-order valence-corrected chi connectivity index (χ4v) is 6.88. The lowest BCUT2D eigenvalue weighted by atomic mass is 9.78. The second-order valence-corrected chi connectivity index (χ2v) is 11.3. The van der Waals surface area contributed by atoms with Crippen LogP contribution in [-0.2, 0) is 9.59 Å². The average Bonchev–Trinajstić information content (AvgIpc) is 3.36. The highest BCUT2D eigenvalue weighted by Gasteiger charge is 2.50. The molecule has 1 heterocycles. The quantitative estimate of drug-likeness (QED) is 0.389. The zero-order valence-electron chi connectivity index (χ0n) is 21.2. The Morgan fingerprint density at radius 3 is 2.39 bits per heavy atom. The number of aliphatic carboxylic acids is 1. The zero-order valence-corrected chi connectivity index (χ0v) is 21.9. The van der Waals surface area contributed by atoms with Crippen LogP contribution in [0.2, 0.25) is 5.02 Å². The number of rotatable bonds is 6. The van der Waals surface area contributed by atoms with Crippen LogP contribution in [0.15, 0.2) is 60.7 Å². The summed E-state index contributed by atoms with van der Waals surface area (Å²) in [5.41, 5.74) is 2.33. The van der Waals surface area contributed by atoms with Crippen LogP contribution >= 0.6 is 11.6 Å². The topological polar surface area (TPSA) is 77.9 Å². The monoisotopic (exact) mass is 530 g/mol. The second kappa shape index (κ2) is 10.1. The van der Waals surface area contributed by atoms with Crippen molar-refractivity contribution in [3.63, 3.8) is 0 Å². The zero-order chi connectivity index (χ0) is 26.4. The molecule has 0 saturated heterocycles. The van der Waals surface area contributed by atoms with Crippen LogP contribution in [-0.4, -0.2) is 39.9 Å². The molecular formula is C31H31ClN2O4. The third-order valence-electron chi connectivity index (χ3n) is 8.66. The fraction of sp³-hybridized carbons (Fsp3) is 0.387. The Morgan fingerprint density at radius 1 is 0.895 bits per heavy atom. The van der Waals surface area contributed by atoms with Crippen LogP contribution in [0, 0.1) is 5.92 Å². The number of hydrogen-bond donors (Lipinski definition) is 1. The van der Waals surface area contributed by atoms with Crippen LogP contribution in [0.5, 0.6) is 0 Å². The molecule has 0 radical (unpaired) electrons. The maximum atomic E-state index is 14.2. The molecule has 0 aromatic heterocycles. The molecule has 2 amide bonds. The van der Waals surface area contributed by atoms with Crippen molar-refractivity contribution in [2.45, 2.75) is 69.5 Å². The molecule has 3 aromatic carbocycles. The van der Waals surface area contributed by atoms with E-state index >= 15 is 0 Å². The molecule has 38 heavy (non-hydrogen) atoms. The highest BCUT2D eigenvalue weighted by atomic mass is 35.5. The van der Waals surface area contributed by atoms with Gasteiger partial charge < -0.3 is 14.9 Å². The van der Waals surface area contributed by atoms with E-state index < -0.39 is 5.97 Å². The minimum Gasteiger partial charge on any atom is -0.481 e. The maximum Gasteiger partial charge on any atom is 0.303 e. The summed E-state index contributed by atoms with van der Waals surface area (Å²) in [5, 5.41) is 11.9. The molecule has 7 heteroatoms. The molecule has 0 bridgehead atoms. The van der Waals surface area contributed by atoms with Gasteiger partial charge in [0.25, 0.3) is 5.91 Å². The Hall–Kier alpha value is -3.38. The summed E-state index contributed by atoms with van der Waals surface area (Å²) in [5.74, 6) is -1.04. The molecule has 2 aliphatic carbocycles. The molecule has 2 saturated carbocycles. The van der Waals surface area contributed by atoms with Crippen molar-refractivity contribution < 1.29 is 19.5 Å². The molecule has 6 rings (SSSR count). The van der Waals surface area contributed by atoms with Gasteiger partial charge in [0.1, 0.15) is 0 Å². The number of carbonyl (C=O) groups is 3. The number of fused-ring (bicyclic) bond motifs is 3. The van der Waals surface area contributed by atoms with E-state index in [4.69, 9.17) is 11.6 Å². The van der Waals surface area contributed by atoms with Crippen molar-refractivity contribution >= 4 is 45.8 Å². The molecule has 1 aliphatic heterocycles. The number of benzene rings is 3. The van der Waals surface area contributed by atoms with E-state index in [0.717, 1.165) is 60.5 Å². The van der Waals surface area contributed by atoms with E-state index in [1.807, 2.05) is 70.5 Å². The van der Waals surface area contributed by atoms with Gasteiger partial charge in [-0.3, -0.25) is 14.4 Å². The van der Waals surface area contributed by atoms with Gasteiger partial charge in [-0.1, -0.05) is 54.4 Å². The number of carbonyl (C=O) groups excluding carboxylic acids is 2. The molecule has 0 spiro atoms. The molecule has 6 nitrogen and oxygen atoms in total. The molecular weight excluding hydrogens is 500 g/mol. The summed E-state index contributed by atoms with van der Waals surface area (Å²) < 4.78 is 0. The molecule has 3 aromatic rings. The van der Waals surface area contributed by atoms with Gasteiger partial charge in [-0.05, 0) is 72.7 Å². The lowest BCUT2D eigenvalue weighted by Crippen LogP contribution is -2.55. The maximum absolute atomic E-state index is 14.2. The predicted octanol–water partition coefficient (Wildman–Crippen LogP) is 6.61. The fourth-order valence-electron chi connectivity index (χ4n) is 6.71. The van der Waals surface area contributed by atoms with Gasteiger partial charge in [-0.15, -0.1) is 0 Å². The van der Waals surface area contributed by atoms with Crippen molar-refractivity contribution in [3.8, 4) is 0 Å². The number of hydrogen-bond acceptors (Lipinski definition) is 3. The first kappa shape index (κ1) is 24.9. The molecule has 0 unspecified atom stereocenters. The highest BCUT2D eigenvalue weighted by Crippen LogP contribution is 2.53. The number of carboxylic acids is 1. The number of halogens is 1. The summed E-state index contributed by atoms with van der Waals surface area (Å²) in [6.07, 6.45) is 5.46. The number of amides is 2. The summed E-state index contributed by atoms with van der Waals surface area (Å²) in [6.45, 7) is 0. The Kier molecular flexibility index (Phi) is 6.60. The number of nitrogens with zero attached hydrogens (tertiary/aromatic N) is 2. The smallest absolute Gasteiger partial charge is 0.303 e. The average molecular weight is 531 g/mol. The Bertz CT molecular complexity index is 1420. The van der Waals surface area contributed by atoms with E-state index in [9.17, 15) is 19.5 Å². The van der Waals surface area contributed by atoms with Crippen molar-refractivity contribution in [2.75, 3.05) is 4.90 Å². The number of carboxylic acid groups (broad SMARTS) is 1. The van der Waals surface area contributed by atoms with Crippen LogP contribution in [0.25, 0.3) is 10.8 Å². The van der Waals surface area contributed by atoms with Gasteiger partial charge in [0.2, 0.25) is 5.91 Å². The highest BCUT2D eigenvalue weighted by molar-refractivity contribution is 6.31. The third kappa shape index (κ3) is 4.35. The first-order valence-corrected chi connectivity index (χ1v) is 13.9. The van der Waals surface area contributed by atoms with Gasteiger partial charge in [0, 0.05) is 35.0 Å². The van der Waals surface area contributed by atoms with E-state index in [2.05, 4.69) is 0 Å². The molecule has 196 valence electrons. The van der Waals surface area contributed by atoms with Crippen molar-refractivity contribution in [2.24, 2.45) is 5.92 Å². The van der Waals surface area contributed by atoms with Crippen molar-refractivity contribution in [3.05, 3.63) is 76.8 Å². The molecule has 3 aliphatic rings. The van der Waals surface area contributed by atoms with Gasteiger partial charge in [-0.2, -0.15) is 0 Å². The van der Waals surface area contributed by atoms with Crippen LogP contribution in [0.4, 0.5) is 5.69 Å². The SMILES string of the molecule is O=C(O)CCC(=O)N(C1CCC1)[C@H]1c2ccc(Cl)cc2N(C(=O)c2ccc3ccccc3c2)[C@@H]2CCC[C@@H]21. The van der Waals surface area contributed by atoms with Gasteiger partial charge in [0.15, 0.2) is 0 Å². The van der Waals surface area contributed by atoms with Crippen LogP contribution in [0.3, 0.4) is 0 Å². The standard InChI is InChI=1S/C31H31ClN2O4/c32-22-13-14-25-27(18-22)34(31(38)21-12-11-19-5-1-2-6-20(19)17-21)26-10-4-9-24(26)30(25)33(23-7-3-8-23)28(35)15-16-29(36)37/h1-2,5-6,11-14,17-18,23-24,26,30H,3-4,7-10,15-16H2,(H,36,37)/t24-,26+,30+/m0/s1. The number of anilines is 1. The summed E-state index contributed by atoms with van der Waals surface area (Å²) in [6, 6.07) is 19.4. The first-order chi connectivity index (χ1) is 18.4. The Balaban J connectivity index is 1.44. The van der Waals surface area contributed by atoms with Crippen molar-refractivity contribution in [1.29, 1.82) is 0 Å². The summed E-state index contributed by atoms with van der Waals surface area (Å²) in [7, 11) is 0. The van der Waals surface area contributed by atoms with Crippen LogP contribution in [0.1, 0.15) is 73.3 Å². The molecule has 2 fully saturated rings. The van der Waals surface area contributed by atoms with Gasteiger partial charge >= 0.3 is 5.97 Å². The Labute approximate surface area is 227 Å². The molecule has 1 N–H and O–H groups in total. The summed E-state index contributed by atoms with van der Waals surface area (Å²) in [4.78, 5) is 42.9. The van der Waals surface area contributed by atoms with E-state index in [0.29, 0.717) is 10.6 Å². The molecule has 3 atom stereocenters. The van der Waals surface area contributed by atoms with Crippen molar-refractivity contribution in [1.82, 2.24) is 4.90 Å². The van der Waals surface area contributed by atoms with Crippen LogP contribution < -0.4 is 4.90 Å². The minimum atomic E-state index is -0.964. The third-order valence-corrected chi connectivity index (χ3v) is 8.90. The Morgan fingerprint density at radius 2 is 1.66 bits per heavy atom.